The number of fused-ring (bicyclic) bond motifs is 1. The minimum atomic E-state index is -0.554. The smallest absolute Gasteiger partial charge is 0.282 e. The van der Waals surface area contributed by atoms with Gasteiger partial charge in [0.2, 0.25) is 0 Å². The standard InChI is InChI=1S/C21H21BrN4O3/c1-3-13(2)20-25-18-8-7-15(22)10-17(18)21(28)26(20)24-11-14-5-4-6-16(9-14)29-12-19(23)27/h4-11,13H,3,12H2,1-2H3,(H2,23,27)/t13-/m1/s1. The molecule has 1 heterocycles. The molecule has 29 heavy (non-hydrogen) atoms. The normalized spacial score (nSPS) is 12.4. The quantitative estimate of drug-likeness (QED) is 0.550. The molecule has 0 bridgehead atoms. The fraction of sp³-hybridized carbons (Fsp3) is 0.238. The molecule has 0 unspecified atom stereocenters. The van der Waals surface area contributed by atoms with Gasteiger partial charge < -0.3 is 10.5 Å². The van der Waals surface area contributed by atoms with Gasteiger partial charge in [-0.2, -0.15) is 9.78 Å². The Kier molecular flexibility index (Phi) is 6.43. The molecular weight excluding hydrogens is 436 g/mol. The summed E-state index contributed by atoms with van der Waals surface area (Å²) in [6.45, 7) is 3.84. The lowest BCUT2D eigenvalue weighted by Crippen LogP contribution is -2.23. The van der Waals surface area contributed by atoms with Gasteiger partial charge in [-0.25, -0.2) is 4.98 Å². The lowest BCUT2D eigenvalue weighted by atomic mass is 10.1. The summed E-state index contributed by atoms with van der Waals surface area (Å²) in [7, 11) is 0. The van der Waals surface area contributed by atoms with E-state index in [-0.39, 0.29) is 18.1 Å². The fourth-order valence-electron chi connectivity index (χ4n) is 2.74. The van der Waals surface area contributed by atoms with Crippen molar-refractivity contribution in [2.75, 3.05) is 6.61 Å². The fourth-order valence-corrected chi connectivity index (χ4v) is 3.10. The predicted octanol–water partition coefficient (Wildman–Crippen LogP) is 3.42. The molecule has 7 nitrogen and oxygen atoms in total. The van der Waals surface area contributed by atoms with Crippen LogP contribution in [0.4, 0.5) is 0 Å². The van der Waals surface area contributed by atoms with Crippen LogP contribution >= 0.6 is 15.9 Å². The number of nitrogens with two attached hydrogens (primary N) is 1. The Balaban J connectivity index is 2.04. The van der Waals surface area contributed by atoms with Crippen molar-refractivity contribution < 1.29 is 9.53 Å². The number of rotatable bonds is 7. The zero-order valence-electron chi connectivity index (χ0n) is 16.1. The highest BCUT2D eigenvalue weighted by Gasteiger charge is 2.15. The van der Waals surface area contributed by atoms with Crippen LogP contribution in [0, 0.1) is 0 Å². The Labute approximate surface area is 176 Å². The molecule has 3 aromatic rings. The van der Waals surface area contributed by atoms with E-state index in [1.807, 2.05) is 32.0 Å². The van der Waals surface area contributed by atoms with Crippen LogP contribution in [-0.2, 0) is 4.79 Å². The molecule has 0 aliphatic heterocycles. The van der Waals surface area contributed by atoms with Crippen molar-refractivity contribution in [1.29, 1.82) is 0 Å². The second kappa shape index (κ2) is 9.00. The lowest BCUT2D eigenvalue weighted by molar-refractivity contribution is -0.119. The second-order valence-corrected chi connectivity index (χ2v) is 7.55. The van der Waals surface area contributed by atoms with Crippen LogP contribution in [0.5, 0.6) is 5.75 Å². The molecule has 0 spiro atoms. The molecule has 3 rings (SSSR count). The Bertz CT molecular complexity index is 1140. The van der Waals surface area contributed by atoms with Crippen molar-refractivity contribution in [2.45, 2.75) is 26.2 Å². The van der Waals surface area contributed by atoms with Crippen LogP contribution in [-0.4, -0.2) is 28.4 Å². The number of nitrogens with zero attached hydrogens (tertiary/aromatic N) is 3. The Morgan fingerprint density at radius 3 is 2.86 bits per heavy atom. The molecule has 2 N–H and O–H groups in total. The molecular formula is C21H21BrN4O3. The van der Waals surface area contributed by atoms with Crippen LogP contribution in [0.25, 0.3) is 10.9 Å². The van der Waals surface area contributed by atoms with Gasteiger partial charge in [-0.3, -0.25) is 9.59 Å². The third kappa shape index (κ3) is 4.89. The molecule has 1 atom stereocenters. The second-order valence-electron chi connectivity index (χ2n) is 6.63. The van der Waals surface area contributed by atoms with Crippen LogP contribution < -0.4 is 16.0 Å². The van der Waals surface area contributed by atoms with Crippen LogP contribution in [0.15, 0.2) is 56.8 Å². The molecule has 0 saturated heterocycles. The number of hydrogen-bond acceptors (Lipinski definition) is 5. The Hall–Kier alpha value is -3.00. The van der Waals surface area contributed by atoms with Crippen molar-refractivity contribution in [2.24, 2.45) is 10.8 Å². The van der Waals surface area contributed by atoms with Gasteiger partial charge in [0.1, 0.15) is 11.6 Å². The molecule has 0 fully saturated rings. The van der Waals surface area contributed by atoms with E-state index in [0.29, 0.717) is 28.0 Å². The molecule has 0 aliphatic carbocycles. The van der Waals surface area contributed by atoms with E-state index >= 15 is 0 Å². The zero-order chi connectivity index (χ0) is 21.0. The first-order chi connectivity index (χ1) is 13.9. The maximum atomic E-state index is 13.1. The first kappa shape index (κ1) is 20.7. The van der Waals surface area contributed by atoms with Gasteiger partial charge in [0.15, 0.2) is 6.61 Å². The highest BCUT2D eigenvalue weighted by molar-refractivity contribution is 9.10. The van der Waals surface area contributed by atoms with E-state index in [1.54, 1.807) is 30.5 Å². The van der Waals surface area contributed by atoms with Crippen molar-refractivity contribution in [3.05, 3.63) is 68.7 Å². The third-order valence-corrected chi connectivity index (χ3v) is 4.94. The number of benzene rings is 2. The minimum Gasteiger partial charge on any atom is -0.484 e. The highest BCUT2D eigenvalue weighted by Crippen LogP contribution is 2.21. The van der Waals surface area contributed by atoms with E-state index < -0.39 is 5.91 Å². The molecule has 0 aliphatic rings. The van der Waals surface area contributed by atoms with E-state index in [4.69, 9.17) is 10.5 Å². The van der Waals surface area contributed by atoms with E-state index in [9.17, 15) is 9.59 Å². The van der Waals surface area contributed by atoms with Gasteiger partial charge in [-0.1, -0.05) is 41.9 Å². The number of carbonyl (C=O) groups is 1. The topological polar surface area (TPSA) is 99.6 Å². The van der Waals surface area contributed by atoms with Gasteiger partial charge >= 0.3 is 0 Å². The summed E-state index contributed by atoms with van der Waals surface area (Å²) in [6.07, 6.45) is 2.39. The maximum Gasteiger partial charge on any atom is 0.282 e. The van der Waals surface area contributed by atoms with E-state index in [1.165, 1.54) is 4.68 Å². The SMILES string of the molecule is CC[C@@H](C)c1nc2ccc(Br)cc2c(=O)n1N=Cc1cccc(OCC(N)=O)c1. The molecule has 2 aromatic carbocycles. The molecule has 0 radical (unpaired) electrons. The summed E-state index contributed by atoms with van der Waals surface area (Å²) >= 11 is 3.40. The maximum absolute atomic E-state index is 13.1. The van der Waals surface area contributed by atoms with Crippen molar-refractivity contribution in [3.63, 3.8) is 0 Å². The molecule has 1 amide bonds. The number of halogens is 1. The Morgan fingerprint density at radius 1 is 1.34 bits per heavy atom. The largest absolute Gasteiger partial charge is 0.484 e. The summed E-state index contributed by atoms with van der Waals surface area (Å²) in [5.74, 6) is 0.591. The summed E-state index contributed by atoms with van der Waals surface area (Å²) in [5.41, 5.74) is 6.22. The zero-order valence-corrected chi connectivity index (χ0v) is 17.7. The first-order valence-electron chi connectivity index (χ1n) is 9.16. The van der Waals surface area contributed by atoms with Crippen molar-refractivity contribution in [1.82, 2.24) is 9.66 Å². The number of hydrogen-bond donors (Lipinski definition) is 1. The first-order valence-corrected chi connectivity index (χ1v) is 9.96. The molecule has 8 heteroatoms. The molecule has 150 valence electrons. The van der Waals surface area contributed by atoms with Gasteiger partial charge in [0.25, 0.3) is 11.5 Å². The summed E-state index contributed by atoms with van der Waals surface area (Å²) in [5, 5.41) is 4.90. The number of ether oxygens (including phenoxy) is 1. The predicted molar refractivity (Wildman–Crippen MR) is 117 cm³/mol. The van der Waals surface area contributed by atoms with Crippen molar-refractivity contribution in [3.8, 4) is 5.75 Å². The monoisotopic (exact) mass is 456 g/mol. The average molecular weight is 457 g/mol. The average Bonchev–Trinajstić information content (AvgIpc) is 2.71. The van der Waals surface area contributed by atoms with Crippen LogP contribution in [0.3, 0.4) is 0 Å². The van der Waals surface area contributed by atoms with E-state index in [0.717, 1.165) is 10.9 Å². The van der Waals surface area contributed by atoms with Crippen LogP contribution in [0.2, 0.25) is 0 Å². The minimum absolute atomic E-state index is 0.0538. The van der Waals surface area contributed by atoms with Gasteiger partial charge in [0.05, 0.1) is 17.1 Å². The van der Waals surface area contributed by atoms with Gasteiger partial charge in [0, 0.05) is 10.4 Å². The number of carbonyl (C=O) groups excluding carboxylic acids is 1. The summed E-state index contributed by atoms with van der Waals surface area (Å²) < 4.78 is 7.46. The highest BCUT2D eigenvalue weighted by atomic mass is 79.9. The number of primary amides is 1. The summed E-state index contributed by atoms with van der Waals surface area (Å²) in [4.78, 5) is 28.7. The number of aromatic nitrogens is 2. The van der Waals surface area contributed by atoms with Crippen molar-refractivity contribution >= 4 is 39.0 Å². The van der Waals surface area contributed by atoms with Gasteiger partial charge in [-0.15, -0.1) is 0 Å². The molecule has 0 saturated carbocycles. The molecule has 1 aromatic heterocycles. The van der Waals surface area contributed by atoms with E-state index in [2.05, 4.69) is 26.0 Å². The van der Waals surface area contributed by atoms with Crippen LogP contribution in [0.1, 0.15) is 37.6 Å². The lowest BCUT2D eigenvalue weighted by Gasteiger charge is -2.14. The third-order valence-electron chi connectivity index (χ3n) is 4.45. The Morgan fingerprint density at radius 2 is 2.14 bits per heavy atom. The van der Waals surface area contributed by atoms with Gasteiger partial charge in [-0.05, 0) is 42.3 Å². The summed E-state index contributed by atoms with van der Waals surface area (Å²) in [6, 6.07) is 12.4. The number of amides is 1.